The number of carbonyl (C=O) groups is 3. The molecule has 1 amide bonds. The molecular formula is C24H17NO5. The number of carboxylic acids is 1. The number of hydrogen-bond acceptors (Lipinski definition) is 4. The SMILES string of the molecule is O=C1C(=O)N(c2cccc(C(=O)O)c2)[C@H](c2ccccc2)C1=C(O)c1ccccc1. The van der Waals surface area contributed by atoms with Gasteiger partial charge in [0.25, 0.3) is 11.7 Å². The van der Waals surface area contributed by atoms with Crippen LogP contribution in [0.5, 0.6) is 0 Å². The Bertz CT molecular complexity index is 1170. The van der Waals surface area contributed by atoms with E-state index in [9.17, 15) is 24.6 Å². The third kappa shape index (κ3) is 3.24. The molecule has 1 aliphatic heterocycles. The Morgan fingerprint density at radius 3 is 2.00 bits per heavy atom. The molecule has 0 aliphatic carbocycles. The molecule has 30 heavy (non-hydrogen) atoms. The third-order valence-corrected chi connectivity index (χ3v) is 4.98. The number of aliphatic hydroxyl groups excluding tert-OH is 1. The molecule has 1 saturated heterocycles. The highest BCUT2D eigenvalue weighted by Crippen LogP contribution is 2.42. The minimum absolute atomic E-state index is 0.00993. The quantitative estimate of drug-likeness (QED) is 0.393. The summed E-state index contributed by atoms with van der Waals surface area (Å²) in [7, 11) is 0. The molecule has 2 N–H and O–H groups in total. The number of aromatic carboxylic acids is 1. The van der Waals surface area contributed by atoms with Gasteiger partial charge in [0, 0.05) is 11.3 Å². The molecule has 6 heteroatoms. The lowest BCUT2D eigenvalue weighted by Crippen LogP contribution is -2.29. The van der Waals surface area contributed by atoms with Crippen LogP contribution in [0.1, 0.15) is 27.5 Å². The van der Waals surface area contributed by atoms with Crippen LogP contribution in [0.25, 0.3) is 5.76 Å². The van der Waals surface area contributed by atoms with Gasteiger partial charge in [-0.15, -0.1) is 0 Å². The number of rotatable bonds is 4. The van der Waals surface area contributed by atoms with E-state index < -0.39 is 23.7 Å². The van der Waals surface area contributed by atoms with Gasteiger partial charge in [-0.25, -0.2) is 4.79 Å². The Morgan fingerprint density at radius 1 is 0.767 bits per heavy atom. The fraction of sp³-hybridized carbons (Fsp3) is 0.0417. The molecule has 1 atom stereocenters. The van der Waals surface area contributed by atoms with Gasteiger partial charge in [-0.3, -0.25) is 14.5 Å². The fourth-order valence-electron chi connectivity index (χ4n) is 3.59. The van der Waals surface area contributed by atoms with Gasteiger partial charge < -0.3 is 10.2 Å². The van der Waals surface area contributed by atoms with E-state index in [4.69, 9.17) is 0 Å². The molecule has 0 saturated carbocycles. The van der Waals surface area contributed by atoms with Gasteiger partial charge in [-0.1, -0.05) is 66.7 Å². The Balaban J connectivity index is 1.95. The van der Waals surface area contributed by atoms with E-state index in [1.165, 1.54) is 23.1 Å². The highest BCUT2D eigenvalue weighted by Gasteiger charge is 2.47. The minimum atomic E-state index is -1.14. The van der Waals surface area contributed by atoms with E-state index in [1.54, 1.807) is 66.7 Å². The molecule has 6 nitrogen and oxygen atoms in total. The van der Waals surface area contributed by atoms with Crippen LogP contribution in [-0.4, -0.2) is 27.9 Å². The maximum atomic E-state index is 13.0. The number of carbonyl (C=O) groups excluding carboxylic acids is 2. The zero-order valence-electron chi connectivity index (χ0n) is 15.7. The lowest BCUT2D eigenvalue weighted by atomic mass is 9.95. The van der Waals surface area contributed by atoms with Crippen molar-refractivity contribution in [2.75, 3.05) is 4.90 Å². The van der Waals surface area contributed by atoms with E-state index in [0.717, 1.165) is 0 Å². The topological polar surface area (TPSA) is 94.9 Å². The number of amides is 1. The normalized spacial score (nSPS) is 17.9. The summed E-state index contributed by atoms with van der Waals surface area (Å²) in [6.45, 7) is 0. The van der Waals surface area contributed by atoms with Gasteiger partial charge in [0.05, 0.1) is 17.2 Å². The highest BCUT2D eigenvalue weighted by atomic mass is 16.4. The first-order chi connectivity index (χ1) is 14.5. The Kier molecular flexibility index (Phi) is 4.90. The minimum Gasteiger partial charge on any atom is -0.507 e. The van der Waals surface area contributed by atoms with Crippen LogP contribution in [0, 0.1) is 0 Å². The van der Waals surface area contributed by atoms with E-state index in [-0.39, 0.29) is 22.6 Å². The molecule has 0 unspecified atom stereocenters. The summed E-state index contributed by atoms with van der Waals surface area (Å²) >= 11 is 0. The Labute approximate surface area is 172 Å². The Hall–Kier alpha value is -4.19. The number of ketones is 1. The number of anilines is 1. The summed E-state index contributed by atoms with van der Waals surface area (Å²) in [5.74, 6) is -3.08. The predicted molar refractivity (Wildman–Crippen MR) is 111 cm³/mol. The summed E-state index contributed by atoms with van der Waals surface area (Å²) in [6.07, 6.45) is 0. The molecule has 1 fully saturated rings. The second-order valence-electron chi connectivity index (χ2n) is 6.80. The standard InChI is InChI=1S/C24H17NO5/c26-21(16-10-5-2-6-11-16)19-20(15-8-3-1-4-9-15)25(23(28)22(19)27)18-13-7-12-17(14-18)24(29)30/h1-14,20,26H,(H,29,30)/t20-/m1/s1. The molecule has 1 aliphatic rings. The molecule has 0 spiro atoms. The first-order valence-electron chi connectivity index (χ1n) is 9.24. The van der Waals surface area contributed by atoms with Crippen LogP contribution in [0.2, 0.25) is 0 Å². The van der Waals surface area contributed by atoms with Gasteiger partial charge in [-0.2, -0.15) is 0 Å². The predicted octanol–water partition coefficient (Wildman–Crippen LogP) is 4.01. The first kappa shape index (κ1) is 19.1. The van der Waals surface area contributed by atoms with Crippen molar-refractivity contribution >= 4 is 29.1 Å². The van der Waals surface area contributed by atoms with E-state index in [2.05, 4.69) is 0 Å². The molecule has 1 heterocycles. The van der Waals surface area contributed by atoms with Crippen LogP contribution in [0.3, 0.4) is 0 Å². The summed E-state index contributed by atoms with van der Waals surface area (Å²) in [5.41, 5.74) is 1.24. The van der Waals surface area contributed by atoms with Gasteiger partial charge >= 0.3 is 5.97 Å². The number of Topliss-reactive ketones (excluding diaryl/α,β-unsaturated/α-hetero) is 1. The molecule has 3 aromatic rings. The lowest BCUT2D eigenvalue weighted by Gasteiger charge is -2.25. The van der Waals surface area contributed by atoms with Gasteiger partial charge in [0.1, 0.15) is 5.76 Å². The van der Waals surface area contributed by atoms with Crippen LogP contribution >= 0.6 is 0 Å². The molecule has 148 valence electrons. The molecule has 0 radical (unpaired) electrons. The van der Waals surface area contributed by atoms with Crippen molar-refractivity contribution in [1.82, 2.24) is 0 Å². The number of benzene rings is 3. The Morgan fingerprint density at radius 2 is 1.37 bits per heavy atom. The van der Waals surface area contributed by atoms with Crippen molar-refractivity contribution in [3.05, 3.63) is 107 Å². The summed E-state index contributed by atoms with van der Waals surface area (Å²) in [4.78, 5) is 38.6. The molecule has 0 bridgehead atoms. The first-order valence-corrected chi connectivity index (χ1v) is 9.24. The largest absolute Gasteiger partial charge is 0.507 e. The van der Waals surface area contributed by atoms with Gasteiger partial charge in [0.15, 0.2) is 0 Å². The van der Waals surface area contributed by atoms with Crippen LogP contribution < -0.4 is 4.90 Å². The monoisotopic (exact) mass is 399 g/mol. The van der Waals surface area contributed by atoms with Crippen molar-refractivity contribution in [3.63, 3.8) is 0 Å². The molecule has 0 aromatic heterocycles. The molecule has 3 aromatic carbocycles. The van der Waals surface area contributed by atoms with Gasteiger partial charge in [-0.05, 0) is 23.8 Å². The fourth-order valence-corrected chi connectivity index (χ4v) is 3.59. The van der Waals surface area contributed by atoms with Crippen LogP contribution in [0.4, 0.5) is 5.69 Å². The van der Waals surface area contributed by atoms with E-state index >= 15 is 0 Å². The second kappa shape index (κ2) is 7.67. The van der Waals surface area contributed by atoms with Gasteiger partial charge in [0.2, 0.25) is 0 Å². The third-order valence-electron chi connectivity index (χ3n) is 4.98. The zero-order chi connectivity index (χ0) is 21.3. The van der Waals surface area contributed by atoms with E-state index in [1.807, 2.05) is 0 Å². The summed E-state index contributed by atoms with van der Waals surface area (Å²) in [5, 5.41) is 20.3. The summed E-state index contributed by atoms with van der Waals surface area (Å²) < 4.78 is 0. The van der Waals surface area contributed by atoms with Crippen molar-refractivity contribution in [1.29, 1.82) is 0 Å². The number of nitrogens with zero attached hydrogens (tertiary/aromatic N) is 1. The maximum absolute atomic E-state index is 13.0. The van der Waals surface area contributed by atoms with Crippen LogP contribution in [0.15, 0.2) is 90.5 Å². The number of aliphatic hydroxyl groups is 1. The zero-order valence-corrected chi connectivity index (χ0v) is 15.7. The second-order valence-corrected chi connectivity index (χ2v) is 6.80. The number of carboxylic acid groups (broad SMARTS) is 1. The van der Waals surface area contributed by atoms with Crippen molar-refractivity contribution < 1.29 is 24.6 Å². The summed E-state index contributed by atoms with van der Waals surface area (Å²) in [6, 6.07) is 22.3. The molecule has 4 rings (SSSR count). The number of hydrogen-bond donors (Lipinski definition) is 2. The van der Waals surface area contributed by atoms with E-state index in [0.29, 0.717) is 11.1 Å². The highest BCUT2D eigenvalue weighted by molar-refractivity contribution is 6.51. The average molecular weight is 399 g/mol. The molecular weight excluding hydrogens is 382 g/mol. The smallest absolute Gasteiger partial charge is 0.335 e. The van der Waals surface area contributed by atoms with Crippen molar-refractivity contribution in [3.8, 4) is 0 Å². The van der Waals surface area contributed by atoms with Crippen LogP contribution in [-0.2, 0) is 9.59 Å². The maximum Gasteiger partial charge on any atom is 0.335 e. The van der Waals surface area contributed by atoms with Crippen molar-refractivity contribution in [2.45, 2.75) is 6.04 Å². The average Bonchev–Trinajstić information content (AvgIpc) is 3.05. The lowest BCUT2D eigenvalue weighted by molar-refractivity contribution is -0.132. The van der Waals surface area contributed by atoms with Crippen molar-refractivity contribution in [2.24, 2.45) is 0 Å².